The average Bonchev–Trinajstić information content (AvgIpc) is 3.43. The van der Waals surface area contributed by atoms with E-state index in [0.717, 1.165) is 63.3 Å². The monoisotopic (exact) mass is 370 g/mol. The molecule has 3 fully saturated rings. The number of rotatable bonds is 4. The molecule has 1 atom stereocenters. The minimum Gasteiger partial charge on any atom is -0.365 e. The van der Waals surface area contributed by atoms with Gasteiger partial charge in [-0.05, 0) is 69.7 Å². The molecule has 2 heterocycles. The van der Waals surface area contributed by atoms with Gasteiger partial charge in [0.2, 0.25) is 0 Å². The molecule has 148 valence electrons. The summed E-state index contributed by atoms with van der Waals surface area (Å²) in [7, 11) is 0. The van der Waals surface area contributed by atoms with Crippen LogP contribution < -0.4 is 0 Å². The zero-order chi connectivity index (χ0) is 18.9. The molecular weight excluding hydrogens is 336 g/mol. The van der Waals surface area contributed by atoms with Crippen LogP contribution in [0.25, 0.3) is 0 Å². The van der Waals surface area contributed by atoms with Gasteiger partial charge < -0.3 is 14.5 Å². The van der Waals surface area contributed by atoms with Gasteiger partial charge in [-0.15, -0.1) is 0 Å². The molecule has 1 aromatic carbocycles. The quantitative estimate of drug-likeness (QED) is 0.804. The number of morpholine rings is 1. The second-order valence-electron chi connectivity index (χ2n) is 9.37. The highest BCUT2D eigenvalue weighted by Crippen LogP contribution is 2.49. The number of nitrogens with zero attached hydrogens (tertiary/aromatic N) is 2. The minimum absolute atomic E-state index is 0.0597. The van der Waals surface area contributed by atoms with E-state index in [2.05, 4.69) is 23.6 Å². The van der Waals surface area contributed by atoms with E-state index in [9.17, 15) is 4.79 Å². The Hall–Kier alpha value is -1.39. The van der Waals surface area contributed by atoms with Crippen molar-refractivity contribution in [2.75, 3.05) is 32.7 Å². The van der Waals surface area contributed by atoms with E-state index in [1.54, 1.807) is 0 Å². The van der Waals surface area contributed by atoms with Crippen LogP contribution in [0, 0.1) is 5.92 Å². The molecule has 0 aromatic heterocycles. The van der Waals surface area contributed by atoms with E-state index in [1.165, 1.54) is 19.4 Å². The minimum atomic E-state index is -0.147. The maximum atomic E-state index is 13.1. The van der Waals surface area contributed by atoms with Crippen molar-refractivity contribution < 1.29 is 9.53 Å². The van der Waals surface area contributed by atoms with Crippen LogP contribution in [-0.4, -0.2) is 59.6 Å². The molecule has 1 unspecified atom stereocenters. The van der Waals surface area contributed by atoms with Gasteiger partial charge in [0.25, 0.3) is 5.91 Å². The van der Waals surface area contributed by atoms with Gasteiger partial charge in [-0.25, -0.2) is 0 Å². The molecule has 27 heavy (non-hydrogen) atoms. The maximum Gasteiger partial charge on any atom is 0.254 e. The Morgan fingerprint density at radius 2 is 1.74 bits per heavy atom. The first kappa shape index (κ1) is 18.9. The van der Waals surface area contributed by atoms with Gasteiger partial charge in [-0.2, -0.15) is 0 Å². The number of benzene rings is 1. The fraction of sp³-hybridized carbons (Fsp3) is 0.696. The third-order valence-electron chi connectivity index (χ3n) is 6.52. The lowest BCUT2D eigenvalue weighted by molar-refractivity contribution is -0.165. The van der Waals surface area contributed by atoms with Crippen LogP contribution in [-0.2, 0) is 4.74 Å². The predicted molar refractivity (Wildman–Crippen MR) is 108 cm³/mol. The molecule has 4 heteroatoms. The number of carbonyl (C=O) groups is 1. The maximum absolute atomic E-state index is 13.1. The van der Waals surface area contributed by atoms with Gasteiger partial charge in [-0.3, -0.25) is 4.79 Å². The Balaban J connectivity index is 1.46. The molecule has 1 saturated carbocycles. The third-order valence-corrected chi connectivity index (χ3v) is 6.52. The molecule has 2 aliphatic heterocycles. The van der Waals surface area contributed by atoms with Crippen molar-refractivity contribution in [3.05, 3.63) is 35.9 Å². The fourth-order valence-corrected chi connectivity index (χ4v) is 4.73. The summed E-state index contributed by atoms with van der Waals surface area (Å²) in [4.78, 5) is 17.8. The second-order valence-corrected chi connectivity index (χ2v) is 9.37. The van der Waals surface area contributed by atoms with Gasteiger partial charge in [0.05, 0.1) is 24.3 Å². The number of hydrogen-bond donors (Lipinski definition) is 0. The molecular formula is C23H34N2O2. The second kappa shape index (κ2) is 7.56. The van der Waals surface area contributed by atoms with Gasteiger partial charge >= 0.3 is 0 Å². The van der Waals surface area contributed by atoms with E-state index >= 15 is 0 Å². The predicted octanol–water partition coefficient (Wildman–Crippen LogP) is 3.96. The van der Waals surface area contributed by atoms with Crippen LogP contribution in [0.2, 0.25) is 0 Å². The van der Waals surface area contributed by atoms with E-state index < -0.39 is 0 Å². The summed E-state index contributed by atoms with van der Waals surface area (Å²) < 4.78 is 6.76. The van der Waals surface area contributed by atoms with E-state index in [4.69, 9.17) is 4.74 Å². The Morgan fingerprint density at radius 3 is 2.41 bits per heavy atom. The topological polar surface area (TPSA) is 32.8 Å². The molecule has 2 saturated heterocycles. The number of carbonyl (C=O) groups excluding carboxylic acids is 1. The number of amides is 1. The largest absolute Gasteiger partial charge is 0.365 e. The first-order valence-electron chi connectivity index (χ1n) is 10.8. The molecule has 1 aliphatic carbocycles. The molecule has 1 aromatic rings. The van der Waals surface area contributed by atoms with Crippen LogP contribution in [0.1, 0.15) is 62.7 Å². The summed E-state index contributed by atoms with van der Waals surface area (Å²) in [5.74, 6) is 0.923. The Kier molecular flexibility index (Phi) is 5.30. The lowest BCUT2D eigenvalue weighted by Gasteiger charge is -2.47. The normalized spacial score (nSPS) is 27.9. The van der Waals surface area contributed by atoms with Crippen LogP contribution >= 0.6 is 0 Å². The van der Waals surface area contributed by atoms with E-state index in [0.29, 0.717) is 0 Å². The van der Waals surface area contributed by atoms with Crippen LogP contribution in [0.15, 0.2) is 30.3 Å². The first-order valence-corrected chi connectivity index (χ1v) is 10.8. The SMILES string of the molecule is CC(C)CCN1CCCC2(CC1)CN(C(=O)c1ccccc1)CC1(CC1)O2. The van der Waals surface area contributed by atoms with Crippen molar-refractivity contribution in [1.82, 2.24) is 9.80 Å². The molecule has 0 N–H and O–H groups in total. The van der Waals surface area contributed by atoms with Crippen LogP contribution in [0.4, 0.5) is 0 Å². The highest BCUT2D eigenvalue weighted by molar-refractivity contribution is 5.94. The smallest absolute Gasteiger partial charge is 0.254 e. The first-order chi connectivity index (χ1) is 13.0. The van der Waals surface area contributed by atoms with Gasteiger partial charge in [-0.1, -0.05) is 32.0 Å². The van der Waals surface area contributed by atoms with Crippen molar-refractivity contribution in [2.24, 2.45) is 5.92 Å². The molecule has 4 nitrogen and oxygen atoms in total. The molecule has 4 rings (SSSR count). The van der Waals surface area contributed by atoms with Crippen molar-refractivity contribution in [1.29, 1.82) is 0 Å². The molecule has 2 spiro atoms. The van der Waals surface area contributed by atoms with Crippen molar-refractivity contribution >= 4 is 5.91 Å². The Labute approximate surface area is 163 Å². The number of ether oxygens (including phenoxy) is 1. The molecule has 0 radical (unpaired) electrons. The summed E-state index contributed by atoms with van der Waals surface area (Å²) in [6.45, 7) is 9.56. The van der Waals surface area contributed by atoms with Crippen molar-refractivity contribution in [3.8, 4) is 0 Å². The fourth-order valence-electron chi connectivity index (χ4n) is 4.73. The van der Waals surface area contributed by atoms with Crippen molar-refractivity contribution in [2.45, 2.75) is 63.6 Å². The zero-order valence-corrected chi connectivity index (χ0v) is 17.0. The third kappa shape index (κ3) is 4.38. The Morgan fingerprint density at radius 1 is 1.04 bits per heavy atom. The number of likely N-dealkylation sites (tertiary alicyclic amines) is 1. The van der Waals surface area contributed by atoms with E-state index in [1.807, 2.05) is 30.3 Å². The summed E-state index contributed by atoms with van der Waals surface area (Å²) in [6.07, 6.45) is 6.75. The van der Waals surface area contributed by atoms with E-state index in [-0.39, 0.29) is 17.1 Å². The number of hydrogen-bond acceptors (Lipinski definition) is 3. The average molecular weight is 371 g/mol. The lowest BCUT2D eigenvalue weighted by atomic mass is 9.90. The highest BCUT2D eigenvalue weighted by Gasteiger charge is 2.56. The van der Waals surface area contributed by atoms with Gasteiger partial charge in [0.1, 0.15) is 0 Å². The van der Waals surface area contributed by atoms with Crippen LogP contribution in [0.5, 0.6) is 0 Å². The van der Waals surface area contributed by atoms with Crippen LogP contribution in [0.3, 0.4) is 0 Å². The zero-order valence-electron chi connectivity index (χ0n) is 17.0. The Bertz CT molecular complexity index is 656. The molecule has 1 amide bonds. The van der Waals surface area contributed by atoms with Gasteiger partial charge in [0.15, 0.2) is 0 Å². The molecule has 0 bridgehead atoms. The van der Waals surface area contributed by atoms with Gasteiger partial charge in [0, 0.05) is 12.1 Å². The highest BCUT2D eigenvalue weighted by atomic mass is 16.5. The van der Waals surface area contributed by atoms with Crippen molar-refractivity contribution in [3.63, 3.8) is 0 Å². The summed E-state index contributed by atoms with van der Waals surface area (Å²) in [5, 5.41) is 0. The summed E-state index contributed by atoms with van der Waals surface area (Å²) in [6, 6.07) is 9.75. The molecule has 3 aliphatic rings. The standard InChI is InChI=1S/C23H34N2O2/c1-19(2)9-15-24-14-6-10-22(13-16-24)17-25(18-23(27-22)11-12-23)21(26)20-7-4-3-5-8-20/h3-5,7-8,19H,6,9-18H2,1-2H3. The summed E-state index contributed by atoms with van der Waals surface area (Å²) in [5.41, 5.74) is 0.596. The lowest BCUT2D eigenvalue weighted by Crippen LogP contribution is -2.58. The summed E-state index contributed by atoms with van der Waals surface area (Å²) >= 11 is 0.